The summed E-state index contributed by atoms with van der Waals surface area (Å²) in [5, 5.41) is 12.2. The highest BCUT2D eigenvalue weighted by Crippen LogP contribution is 2.40. The predicted molar refractivity (Wildman–Crippen MR) is 114 cm³/mol. The largest absolute Gasteiger partial charge is 0.755 e. The van der Waals surface area contributed by atoms with E-state index in [2.05, 4.69) is 0 Å². The normalized spacial score (nSPS) is 12.4. The number of hydrogen-bond acceptors (Lipinski definition) is 3. The summed E-state index contributed by atoms with van der Waals surface area (Å²) in [5.74, 6) is -1.02. The minimum Gasteiger partial charge on any atom is -0.755 e. The van der Waals surface area contributed by atoms with Crippen molar-refractivity contribution in [3.05, 3.63) is 71.4 Å². The number of carbonyl (C=O) groups is 1. The summed E-state index contributed by atoms with van der Waals surface area (Å²) in [6, 6.07) is 18.0. The van der Waals surface area contributed by atoms with E-state index in [1.807, 2.05) is 30.3 Å². The summed E-state index contributed by atoms with van der Waals surface area (Å²) in [5.41, 5.74) is 1.95. The van der Waals surface area contributed by atoms with Crippen molar-refractivity contribution < 1.29 is 18.7 Å². The van der Waals surface area contributed by atoms with Crippen LogP contribution in [-0.4, -0.2) is 24.4 Å². The van der Waals surface area contributed by atoms with Gasteiger partial charge in [0.1, 0.15) is 6.54 Å². The Hall–Kier alpha value is -2.87. The maximum atomic E-state index is 12.3. The van der Waals surface area contributed by atoms with Crippen molar-refractivity contribution in [3.63, 3.8) is 0 Å². The first-order chi connectivity index (χ1) is 13.9. The third kappa shape index (κ3) is 3.48. The van der Waals surface area contributed by atoms with Crippen molar-refractivity contribution in [1.29, 1.82) is 0 Å². The number of aromatic nitrogens is 1. The first-order valence-electron chi connectivity index (χ1n) is 8.75. The van der Waals surface area contributed by atoms with Gasteiger partial charge in [0.2, 0.25) is 0 Å². The van der Waals surface area contributed by atoms with Gasteiger partial charge in [0, 0.05) is 16.1 Å². The Morgan fingerprint density at radius 2 is 1.86 bits per heavy atom. The third-order valence-electron chi connectivity index (χ3n) is 4.87. The van der Waals surface area contributed by atoms with Gasteiger partial charge in [-0.2, -0.15) is 0 Å². The molecule has 0 radical (unpaired) electrons. The fraction of sp³-hybridized carbons (Fsp3) is 0.0952. The molecular formula is C21H16ClN2O4S-. The first kappa shape index (κ1) is 19.4. The topological polar surface area (TPSA) is 85.6 Å². The van der Waals surface area contributed by atoms with Gasteiger partial charge in [0.25, 0.3) is 0 Å². The van der Waals surface area contributed by atoms with E-state index in [0.29, 0.717) is 33.0 Å². The van der Waals surface area contributed by atoms with Crippen LogP contribution < -0.4 is 4.31 Å². The van der Waals surface area contributed by atoms with Crippen molar-refractivity contribution in [2.75, 3.05) is 4.31 Å². The van der Waals surface area contributed by atoms with E-state index in [0.717, 1.165) is 10.8 Å². The molecule has 0 aliphatic carbocycles. The second kappa shape index (κ2) is 7.51. The van der Waals surface area contributed by atoms with Crippen molar-refractivity contribution >= 4 is 61.9 Å². The van der Waals surface area contributed by atoms with E-state index >= 15 is 0 Å². The molecule has 0 saturated carbocycles. The van der Waals surface area contributed by atoms with Crippen LogP contribution in [0.2, 0.25) is 5.02 Å². The van der Waals surface area contributed by atoms with Crippen LogP contribution in [0.4, 0.5) is 11.4 Å². The maximum Gasteiger partial charge on any atom is 0.323 e. The van der Waals surface area contributed by atoms with Gasteiger partial charge in [0.05, 0.1) is 28.2 Å². The highest BCUT2D eigenvalue weighted by molar-refractivity contribution is 7.81. The highest BCUT2D eigenvalue weighted by atomic mass is 35.5. The van der Waals surface area contributed by atoms with Gasteiger partial charge in [0.15, 0.2) is 0 Å². The molecule has 0 bridgehead atoms. The lowest BCUT2D eigenvalue weighted by Gasteiger charge is -2.27. The number of rotatable bonds is 5. The molecule has 6 nitrogen and oxygen atoms in total. The summed E-state index contributed by atoms with van der Waals surface area (Å²) in [6.07, 6.45) is 0. The molecule has 4 rings (SSSR count). The summed E-state index contributed by atoms with van der Waals surface area (Å²) >= 11 is 3.53. The van der Waals surface area contributed by atoms with E-state index in [1.165, 1.54) is 4.31 Å². The van der Waals surface area contributed by atoms with Crippen LogP contribution in [0.15, 0.2) is 60.7 Å². The standard InChI is InChI=1S/C21H17ClN2O4S/c1-13-21(18-11-16(22)7-9-19(18)23(13)12-20(25)26)24(29(27)28)17-8-6-14-4-2-3-5-15(14)10-17/h2-11H,12H2,1H3,(H,25,26)(H,27,28)/p-1. The molecule has 148 valence electrons. The number of hydrogen-bond donors (Lipinski definition) is 1. The van der Waals surface area contributed by atoms with Crippen LogP contribution >= 0.6 is 11.6 Å². The van der Waals surface area contributed by atoms with Gasteiger partial charge in [-0.25, -0.2) is 0 Å². The molecule has 4 aromatic rings. The predicted octanol–water partition coefficient (Wildman–Crippen LogP) is 4.77. The van der Waals surface area contributed by atoms with Gasteiger partial charge < -0.3 is 14.2 Å². The number of fused-ring (bicyclic) bond motifs is 2. The van der Waals surface area contributed by atoms with E-state index in [4.69, 9.17) is 11.6 Å². The van der Waals surface area contributed by atoms with Crippen molar-refractivity contribution in [1.82, 2.24) is 4.57 Å². The zero-order chi connectivity index (χ0) is 20.7. The van der Waals surface area contributed by atoms with Crippen LogP contribution in [0.5, 0.6) is 0 Å². The molecule has 3 aromatic carbocycles. The number of aliphatic carboxylic acids is 1. The van der Waals surface area contributed by atoms with Gasteiger partial charge in [-0.05, 0) is 48.0 Å². The fourth-order valence-electron chi connectivity index (χ4n) is 3.62. The lowest BCUT2D eigenvalue weighted by molar-refractivity contribution is -0.137. The summed E-state index contributed by atoms with van der Waals surface area (Å²) in [4.78, 5) is 11.4. The lowest BCUT2D eigenvalue weighted by Crippen LogP contribution is -2.20. The second-order valence-electron chi connectivity index (χ2n) is 6.62. The summed E-state index contributed by atoms with van der Waals surface area (Å²) in [7, 11) is 0. The molecule has 0 amide bonds. The smallest absolute Gasteiger partial charge is 0.323 e. The van der Waals surface area contributed by atoms with Gasteiger partial charge in [-0.3, -0.25) is 13.3 Å². The van der Waals surface area contributed by atoms with Crippen LogP contribution in [0.25, 0.3) is 21.7 Å². The number of anilines is 2. The quantitative estimate of drug-likeness (QED) is 0.465. The minimum atomic E-state index is -2.64. The molecule has 0 aliphatic heterocycles. The van der Waals surface area contributed by atoms with E-state index < -0.39 is 17.2 Å². The zero-order valence-corrected chi connectivity index (χ0v) is 16.9. The highest BCUT2D eigenvalue weighted by Gasteiger charge is 2.23. The Morgan fingerprint density at radius 3 is 2.55 bits per heavy atom. The molecule has 1 unspecified atom stereocenters. The second-order valence-corrected chi connectivity index (χ2v) is 7.85. The van der Waals surface area contributed by atoms with Gasteiger partial charge in [-0.1, -0.05) is 41.9 Å². The number of carboxylic acids is 1. The summed E-state index contributed by atoms with van der Waals surface area (Å²) in [6.45, 7) is 1.41. The van der Waals surface area contributed by atoms with Crippen molar-refractivity contribution in [3.8, 4) is 0 Å². The van der Waals surface area contributed by atoms with Crippen LogP contribution in [0, 0.1) is 6.92 Å². The molecule has 0 fully saturated rings. The number of nitrogens with zero attached hydrogens (tertiary/aromatic N) is 2. The zero-order valence-electron chi connectivity index (χ0n) is 15.3. The average Bonchev–Trinajstić information content (AvgIpc) is 2.93. The molecule has 0 saturated heterocycles. The number of benzene rings is 3. The lowest BCUT2D eigenvalue weighted by atomic mass is 10.1. The molecule has 29 heavy (non-hydrogen) atoms. The molecule has 1 heterocycles. The van der Waals surface area contributed by atoms with Crippen molar-refractivity contribution in [2.24, 2.45) is 0 Å². The van der Waals surface area contributed by atoms with Crippen molar-refractivity contribution in [2.45, 2.75) is 13.5 Å². The fourth-order valence-corrected chi connectivity index (χ4v) is 4.46. The maximum absolute atomic E-state index is 12.3. The first-order valence-corrected chi connectivity index (χ1v) is 10.2. The van der Waals surface area contributed by atoms with Crippen LogP contribution in [0.3, 0.4) is 0 Å². The van der Waals surface area contributed by atoms with E-state index in [-0.39, 0.29) is 6.54 Å². The Bertz CT molecular complexity index is 1280. The molecule has 0 aliphatic rings. The number of carboxylic acid groups (broad SMARTS) is 1. The van der Waals surface area contributed by atoms with Crippen LogP contribution in [0.1, 0.15) is 5.69 Å². The molecule has 1 N–H and O–H groups in total. The molecule has 1 aromatic heterocycles. The van der Waals surface area contributed by atoms with Crippen LogP contribution in [-0.2, 0) is 22.6 Å². The Balaban J connectivity index is 2.00. The third-order valence-corrected chi connectivity index (χ3v) is 5.79. The Kier molecular flexibility index (Phi) is 5.04. The Morgan fingerprint density at radius 1 is 1.14 bits per heavy atom. The van der Waals surface area contributed by atoms with E-state index in [9.17, 15) is 18.7 Å². The molecule has 8 heteroatoms. The van der Waals surface area contributed by atoms with Gasteiger partial charge >= 0.3 is 5.97 Å². The molecule has 0 spiro atoms. The molecule has 1 atom stereocenters. The summed E-state index contributed by atoms with van der Waals surface area (Å²) < 4.78 is 27.4. The molecular weight excluding hydrogens is 412 g/mol. The Labute approximate surface area is 174 Å². The average molecular weight is 428 g/mol. The SMILES string of the molecule is Cc1c(N(c2ccc3ccccc3c2)S(=O)[O-])c2cc(Cl)ccc2n1CC(=O)O. The minimum absolute atomic E-state index is 0.291. The monoisotopic (exact) mass is 427 g/mol. The number of halogens is 1. The van der Waals surface area contributed by atoms with Gasteiger partial charge in [-0.15, -0.1) is 0 Å². The van der Waals surface area contributed by atoms with E-state index in [1.54, 1.807) is 41.8 Å².